The second kappa shape index (κ2) is 10.7. The average molecular weight is 590 g/mol. The van der Waals surface area contributed by atoms with Crippen molar-refractivity contribution in [3.63, 3.8) is 0 Å². The van der Waals surface area contributed by atoms with Crippen LogP contribution >= 0.6 is 28.1 Å². The molecule has 0 saturated carbocycles. The number of rotatable bonds is 6. The lowest BCUT2D eigenvalue weighted by Crippen LogP contribution is -2.29. The molecule has 1 fully saturated rings. The summed E-state index contributed by atoms with van der Waals surface area (Å²) in [7, 11) is 0. The minimum atomic E-state index is -0.272. The molecule has 0 spiro atoms. The first-order valence-corrected chi connectivity index (χ1v) is 13.7. The molecule has 194 valence electrons. The van der Waals surface area contributed by atoms with E-state index < -0.39 is 0 Å². The number of halogens is 1. The van der Waals surface area contributed by atoms with E-state index in [1.807, 2.05) is 69.3 Å². The van der Waals surface area contributed by atoms with Gasteiger partial charge in [-0.15, -0.1) is 0 Å². The summed E-state index contributed by atoms with van der Waals surface area (Å²) in [6.07, 6.45) is 1.78. The van der Waals surface area contributed by atoms with Crippen molar-refractivity contribution in [2.45, 2.75) is 39.8 Å². The van der Waals surface area contributed by atoms with Gasteiger partial charge in [0, 0.05) is 33.5 Å². The van der Waals surface area contributed by atoms with Crippen molar-refractivity contribution in [1.29, 1.82) is 0 Å². The van der Waals surface area contributed by atoms with Crippen LogP contribution in [0, 0.1) is 19.8 Å². The van der Waals surface area contributed by atoms with Gasteiger partial charge in [-0.05, 0) is 91.8 Å². The molecule has 4 aromatic rings. The minimum absolute atomic E-state index is 0.0160. The molecular formula is C30H29BrN4O2S. The summed E-state index contributed by atoms with van der Waals surface area (Å²) in [4.78, 5) is 19.0. The number of nitrogens with zero attached hydrogens (tertiary/aromatic N) is 2. The minimum Gasteiger partial charge on any atom is -0.459 e. The summed E-state index contributed by atoms with van der Waals surface area (Å²) in [6.45, 7) is 7.80. The summed E-state index contributed by atoms with van der Waals surface area (Å²) in [5, 5.41) is 7.06. The van der Waals surface area contributed by atoms with Crippen LogP contribution in [0.2, 0.25) is 0 Å². The number of carbonyl (C=O) groups is 1. The van der Waals surface area contributed by atoms with Gasteiger partial charge in [0.05, 0.1) is 11.7 Å². The number of hydrogen-bond acceptors (Lipinski definition) is 4. The number of amides is 1. The van der Waals surface area contributed by atoms with Crippen molar-refractivity contribution >= 4 is 50.5 Å². The van der Waals surface area contributed by atoms with E-state index in [-0.39, 0.29) is 23.9 Å². The molecule has 0 aliphatic carbocycles. The van der Waals surface area contributed by atoms with E-state index in [1.54, 1.807) is 6.20 Å². The van der Waals surface area contributed by atoms with Crippen LogP contribution in [-0.2, 0) is 4.79 Å². The first-order chi connectivity index (χ1) is 18.2. The number of thiocarbonyl (C=S) groups is 1. The molecule has 8 heteroatoms. The van der Waals surface area contributed by atoms with Crippen molar-refractivity contribution in [3.8, 4) is 11.3 Å². The molecule has 1 aliphatic rings. The number of anilines is 2. The summed E-state index contributed by atoms with van der Waals surface area (Å²) in [5.41, 5.74) is 5.66. The Kier molecular flexibility index (Phi) is 7.36. The summed E-state index contributed by atoms with van der Waals surface area (Å²) in [6, 6.07) is 21.5. The first-order valence-electron chi connectivity index (χ1n) is 12.5. The van der Waals surface area contributed by atoms with Gasteiger partial charge in [-0.25, -0.2) is 0 Å². The standard InChI is InChI=1S/C30H29BrN4O2S/c1-17(2)29(36)33-23-11-9-20(16-19(23)4)35-28(27(34-30(35)38)24-7-5-6-14-32-24)26-13-12-25(37-26)21-10-8-18(3)15-22(21)31/h5-17,27-28H,1-4H3,(H,33,36)(H,34,38)/t27-,28+/m0/s1. The fourth-order valence-electron chi connectivity index (χ4n) is 4.61. The molecule has 0 bridgehead atoms. The Hall–Kier alpha value is -3.49. The number of carbonyl (C=O) groups excluding carboxylic acids is 1. The Morgan fingerprint density at radius 2 is 1.92 bits per heavy atom. The number of aromatic nitrogens is 1. The van der Waals surface area contributed by atoms with E-state index in [0.29, 0.717) is 5.11 Å². The molecular weight excluding hydrogens is 560 g/mol. The van der Waals surface area contributed by atoms with Crippen molar-refractivity contribution in [3.05, 3.63) is 100.0 Å². The van der Waals surface area contributed by atoms with Crippen LogP contribution in [-0.4, -0.2) is 16.0 Å². The highest BCUT2D eigenvalue weighted by atomic mass is 79.9. The predicted octanol–water partition coefficient (Wildman–Crippen LogP) is 7.49. The SMILES string of the molecule is Cc1ccc(-c2ccc([C@@H]3[C@H](c4ccccn4)NC(=S)N3c3ccc(NC(=O)C(C)C)c(C)c3)o2)c(Br)c1. The number of benzene rings is 2. The largest absolute Gasteiger partial charge is 0.459 e. The van der Waals surface area contributed by atoms with Gasteiger partial charge in [-0.1, -0.05) is 41.9 Å². The second-order valence-corrected chi connectivity index (χ2v) is 11.1. The van der Waals surface area contributed by atoms with Crippen LogP contribution in [0.25, 0.3) is 11.3 Å². The van der Waals surface area contributed by atoms with Crippen molar-refractivity contribution in [2.24, 2.45) is 5.92 Å². The van der Waals surface area contributed by atoms with Gasteiger partial charge in [-0.3, -0.25) is 9.78 Å². The lowest BCUT2D eigenvalue weighted by molar-refractivity contribution is -0.118. The van der Waals surface area contributed by atoms with Crippen molar-refractivity contribution < 1.29 is 9.21 Å². The van der Waals surface area contributed by atoms with Crippen LogP contribution in [0.1, 0.15) is 48.5 Å². The number of nitrogens with one attached hydrogen (secondary N) is 2. The molecule has 1 aliphatic heterocycles. The quantitative estimate of drug-likeness (QED) is 0.227. The lowest BCUT2D eigenvalue weighted by atomic mass is 10.0. The zero-order chi connectivity index (χ0) is 27.0. The average Bonchev–Trinajstić information content (AvgIpc) is 3.50. The monoisotopic (exact) mass is 588 g/mol. The molecule has 0 unspecified atom stereocenters. The summed E-state index contributed by atoms with van der Waals surface area (Å²) >= 11 is 9.54. The third kappa shape index (κ3) is 5.11. The maximum absolute atomic E-state index is 12.3. The molecule has 2 aromatic carbocycles. The van der Waals surface area contributed by atoms with E-state index in [1.165, 1.54) is 5.56 Å². The molecule has 2 aromatic heterocycles. The van der Waals surface area contributed by atoms with Gasteiger partial charge in [0.1, 0.15) is 17.6 Å². The number of aryl methyl sites for hydroxylation is 2. The van der Waals surface area contributed by atoms with Gasteiger partial charge in [-0.2, -0.15) is 0 Å². The van der Waals surface area contributed by atoms with E-state index in [2.05, 4.69) is 61.6 Å². The molecule has 2 atom stereocenters. The third-order valence-corrected chi connectivity index (χ3v) is 7.65. The van der Waals surface area contributed by atoms with Crippen LogP contribution in [0.3, 0.4) is 0 Å². The molecule has 0 radical (unpaired) electrons. The highest BCUT2D eigenvalue weighted by Gasteiger charge is 2.42. The van der Waals surface area contributed by atoms with Gasteiger partial charge in [0.15, 0.2) is 5.11 Å². The molecule has 38 heavy (non-hydrogen) atoms. The van der Waals surface area contributed by atoms with Crippen molar-refractivity contribution in [1.82, 2.24) is 10.3 Å². The Bertz CT molecular complexity index is 1500. The zero-order valence-corrected chi connectivity index (χ0v) is 24.1. The molecule has 3 heterocycles. The van der Waals surface area contributed by atoms with Gasteiger partial charge in [0.25, 0.3) is 0 Å². The molecule has 6 nitrogen and oxygen atoms in total. The number of pyridine rings is 1. The third-order valence-electron chi connectivity index (χ3n) is 6.68. The van der Waals surface area contributed by atoms with E-state index in [9.17, 15) is 4.79 Å². The van der Waals surface area contributed by atoms with Crippen LogP contribution in [0.4, 0.5) is 11.4 Å². The van der Waals surface area contributed by atoms with E-state index >= 15 is 0 Å². The Labute approximate surface area is 236 Å². The first kappa shape index (κ1) is 26.1. The maximum Gasteiger partial charge on any atom is 0.226 e. The van der Waals surface area contributed by atoms with Gasteiger partial charge < -0.3 is 20.0 Å². The van der Waals surface area contributed by atoms with Crippen LogP contribution in [0.15, 0.2) is 81.8 Å². The zero-order valence-electron chi connectivity index (χ0n) is 21.7. The number of furan rings is 1. The Morgan fingerprint density at radius 1 is 1.11 bits per heavy atom. The van der Waals surface area contributed by atoms with Crippen molar-refractivity contribution in [2.75, 3.05) is 10.2 Å². The molecule has 5 rings (SSSR count). The fraction of sp³-hybridized carbons (Fsp3) is 0.233. The molecule has 2 N–H and O–H groups in total. The fourth-order valence-corrected chi connectivity index (χ4v) is 5.65. The summed E-state index contributed by atoms with van der Waals surface area (Å²) in [5.74, 6) is 1.42. The predicted molar refractivity (Wildman–Crippen MR) is 159 cm³/mol. The van der Waals surface area contributed by atoms with E-state index in [4.69, 9.17) is 16.6 Å². The highest BCUT2D eigenvalue weighted by Crippen LogP contribution is 2.44. The van der Waals surface area contributed by atoms with Gasteiger partial charge in [0.2, 0.25) is 5.91 Å². The van der Waals surface area contributed by atoms with Crippen LogP contribution in [0.5, 0.6) is 0 Å². The Balaban J connectivity index is 1.56. The van der Waals surface area contributed by atoms with Crippen LogP contribution < -0.4 is 15.5 Å². The second-order valence-electron chi connectivity index (χ2n) is 9.83. The highest BCUT2D eigenvalue weighted by molar-refractivity contribution is 9.10. The van der Waals surface area contributed by atoms with E-state index in [0.717, 1.165) is 44.2 Å². The maximum atomic E-state index is 12.3. The smallest absolute Gasteiger partial charge is 0.226 e. The van der Waals surface area contributed by atoms with Gasteiger partial charge >= 0.3 is 0 Å². The Morgan fingerprint density at radius 3 is 2.61 bits per heavy atom. The topological polar surface area (TPSA) is 70.4 Å². The lowest BCUT2D eigenvalue weighted by Gasteiger charge is -2.27. The molecule has 1 amide bonds. The summed E-state index contributed by atoms with van der Waals surface area (Å²) < 4.78 is 7.48. The molecule has 1 saturated heterocycles. The number of hydrogen-bond donors (Lipinski definition) is 2. The normalized spacial score (nSPS) is 17.1.